The lowest BCUT2D eigenvalue weighted by Crippen LogP contribution is -2.50. The molecular formula is C21H37N5O6. The lowest BCUT2D eigenvalue weighted by atomic mass is 9.84. The first-order valence-electron chi connectivity index (χ1n) is 11.3. The van der Waals surface area contributed by atoms with E-state index in [1.54, 1.807) is 14.0 Å². The molecule has 0 aromatic heterocycles. The van der Waals surface area contributed by atoms with Gasteiger partial charge in [0.2, 0.25) is 11.8 Å². The van der Waals surface area contributed by atoms with Crippen LogP contribution in [0.25, 0.3) is 0 Å². The Kier molecular flexibility index (Phi) is 12.8. The van der Waals surface area contributed by atoms with Crippen LogP contribution in [-0.2, 0) is 14.4 Å². The van der Waals surface area contributed by atoms with Crippen molar-refractivity contribution < 1.29 is 29.1 Å². The molecule has 0 aromatic carbocycles. The van der Waals surface area contributed by atoms with E-state index < -0.39 is 24.1 Å². The minimum absolute atomic E-state index is 0.0288. The molecule has 11 nitrogen and oxygen atoms in total. The van der Waals surface area contributed by atoms with Gasteiger partial charge in [0.15, 0.2) is 0 Å². The van der Waals surface area contributed by atoms with E-state index in [1.165, 1.54) is 4.90 Å². The molecule has 11 heteroatoms. The van der Waals surface area contributed by atoms with E-state index in [4.69, 9.17) is 5.11 Å². The maximum absolute atomic E-state index is 12.6. The number of urea groups is 1. The summed E-state index contributed by atoms with van der Waals surface area (Å²) in [5.41, 5.74) is 0. The molecule has 1 saturated carbocycles. The summed E-state index contributed by atoms with van der Waals surface area (Å²) >= 11 is 0. The number of rotatable bonds is 13. The molecule has 0 heterocycles. The fraction of sp³-hybridized carbons (Fsp3) is 0.762. The van der Waals surface area contributed by atoms with E-state index in [9.17, 15) is 24.0 Å². The quantitative estimate of drug-likeness (QED) is 0.259. The van der Waals surface area contributed by atoms with Gasteiger partial charge in [0, 0.05) is 33.1 Å². The van der Waals surface area contributed by atoms with Crippen LogP contribution in [0.2, 0.25) is 0 Å². The number of nitrogens with one attached hydrogen (secondary N) is 4. The molecule has 0 saturated heterocycles. The van der Waals surface area contributed by atoms with Crippen LogP contribution in [0.5, 0.6) is 0 Å². The summed E-state index contributed by atoms with van der Waals surface area (Å²) in [6, 6.07) is -2.13. The summed E-state index contributed by atoms with van der Waals surface area (Å²) in [5, 5.41) is 19.1. The molecule has 0 radical (unpaired) electrons. The van der Waals surface area contributed by atoms with Gasteiger partial charge in [-0.2, -0.15) is 0 Å². The van der Waals surface area contributed by atoms with Crippen molar-refractivity contribution >= 4 is 30.2 Å². The maximum atomic E-state index is 12.6. The van der Waals surface area contributed by atoms with Crippen molar-refractivity contribution in [2.75, 3.05) is 26.7 Å². The zero-order valence-corrected chi connectivity index (χ0v) is 19.0. The van der Waals surface area contributed by atoms with Gasteiger partial charge in [-0.3, -0.25) is 9.59 Å². The highest BCUT2D eigenvalue weighted by molar-refractivity contribution is 5.87. The van der Waals surface area contributed by atoms with E-state index in [0.717, 1.165) is 32.1 Å². The van der Waals surface area contributed by atoms with E-state index in [1.807, 2.05) is 0 Å². The zero-order chi connectivity index (χ0) is 23.9. The SMILES string of the molecule is CCNC(=O)NCCN(C)C(=O)CCC(C=O)NC(=O)C(CC1CCCCC1)NC(=O)O. The summed E-state index contributed by atoms with van der Waals surface area (Å²) in [7, 11) is 1.59. The van der Waals surface area contributed by atoms with Crippen LogP contribution in [0.1, 0.15) is 58.3 Å². The highest BCUT2D eigenvalue weighted by atomic mass is 16.4. The standard InChI is InChI=1S/C21H37N5O6/c1-3-22-20(30)23-11-12-26(2)18(28)10-9-16(14-27)24-19(29)17(25-21(31)32)13-15-7-5-4-6-8-15/h14-17,25H,3-13H2,1-2H3,(H,24,29)(H,31,32)(H2,22,23,30). The maximum Gasteiger partial charge on any atom is 0.405 e. The van der Waals surface area contributed by atoms with Crippen LogP contribution in [0.4, 0.5) is 9.59 Å². The third-order valence-electron chi connectivity index (χ3n) is 5.56. The highest BCUT2D eigenvalue weighted by Gasteiger charge is 2.27. The van der Waals surface area contributed by atoms with Crippen molar-refractivity contribution in [3.8, 4) is 0 Å². The average molecular weight is 456 g/mol. The highest BCUT2D eigenvalue weighted by Crippen LogP contribution is 2.27. The first kappa shape index (κ1) is 27.2. The average Bonchev–Trinajstić information content (AvgIpc) is 2.76. The number of likely N-dealkylation sites (N-methyl/N-ethyl adjacent to an activating group) is 1. The summed E-state index contributed by atoms with van der Waals surface area (Å²) in [5.74, 6) is -0.516. The molecule has 5 amide bonds. The first-order valence-corrected chi connectivity index (χ1v) is 11.3. The first-order chi connectivity index (χ1) is 15.3. The van der Waals surface area contributed by atoms with Crippen LogP contribution in [0.3, 0.4) is 0 Å². The Morgan fingerprint density at radius 3 is 2.38 bits per heavy atom. The van der Waals surface area contributed by atoms with E-state index in [0.29, 0.717) is 25.8 Å². The molecule has 5 N–H and O–H groups in total. The van der Waals surface area contributed by atoms with Gasteiger partial charge in [0.05, 0.1) is 6.04 Å². The van der Waals surface area contributed by atoms with E-state index in [2.05, 4.69) is 21.3 Å². The van der Waals surface area contributed by atoms with Crippen molar-refractivity contribution in [3.05, 3.63) is 0 Å². The Hall–Kier alpha value is -2.85. The van der Waals surface area contributed by atoms with Crippen molar-refractivity contribution in [1.82, 2.24) is 26.2 Å². The molecule has 182 valence electrons. The minimum atomic E-state index is -1.29. The Balaban J connectivity index is 2.48. The fourth-order valence-corrected chi connectivity index (χ4v) is 3.75. The molecule has 1 fully saturated rings. The molecule has 0 aliphatic heterocycles. The Morgan fingerprint density at radius 1 is 1.09 bits per heavy atom. The van der Waals surface area contributed by atoms with Crippen molar-refractivity contribution in [1.29, 1.82) is 0 Å². The normalized spacial score (nSPS) is 15.7. The minimum Gasteiger partial charge on any atom is -0.465 e. The molecule has 2 atom stereocenters. The summed E-state index contributed by atoms with van der Waals surface area (Å²) < 4.78 is 0. The van der Waals surface area contributed by atoms with Crippen LogP contribution in [0, 0.1) is 5.92 Å². The lowest BCUT2D eigenvalue weighted by Gasteiger charge is -2.26. The van der Waals surface area contributed by atoms with Crippen LogP contribution >= 0.6 is 0 Å². The third-order valence-corrected chi connectivity index (χ3v) is 5.56. The predicted octanol–water partition coefficient (Wildman–Crippen LogP) is 0.834. The van der Waals surface area contributed by atoms with Crippen LogP contribution in [0.15, 0.2) is 0 Å². The second kappa shape index (κ2) is 15.0. The van der Waals surface area contributed by atoms with Gasteiger partial charge in [-0.1, -0.05) is 32.1 Å². The Morgan fingerprint density at radius 2 is 1.78 bits per heavy atom. The number of amides is 5. The topological polar surface area (TPSA) is 157 Å². The second-order valence-electron chi connectivity index (χ2n) is 8.13. The largest absolute Gasteiger partial charge is 0.465 e. The van der Waals surface area contributed by atoms with Crippen molar-refractivity contribution in [2.45, 2.75) is 70.4 Å². The van der Waals surface area contributed by atoms with Gasteiger partial charge in [-0.15, -0.1) is 0 Å². The molecule has 1 rings (SSSR count). The number of carbonyl (C=O) groups excluding carboxylic acids is 4. The number of carboxylic acid groups (broad SMARTS) is 1. The Bertz CT molecular complexity index is 638. The number of hydrogen-bond donors (Lipinski definition) is 5. The molecule has 0 bridgehead atoms. The van der Waals surface area contributed by atoms with Gasteiger partial charge < -0.3 is 36.1 Å². The molecule has 0 aromatic rings. The monoisotopic (exact) mass is 455 g/mol. The molecular weight excluding hydrogens is 418 g/mol. The molecule has 1 aliphatic carbocycles. The Labute approximate surface area is 189 Å². The van der Waals surface area contributed by atoms with Crippen LogP contribution < -0.4 is 21.3 Å². The van der Waals surface area contributed by atoms with Gasteiger partial charge in [-0.05, 0) is 25.7 Å². The second-order valence-corrected chi connectivity index (χ2v) is 8.13. The summed E-state index contributed by atoms with van der Waals surface area (Å²) in [4.78, 5) is 60.2. The summed E-state index contributed by atoms with van der Waals surface area (Å²) in [6.45, 7) is 2.89. The predicted molar refractivity (Wildman–Crippen MR) is 118 cm³/mol. The van der Waals surface area contributed by atoms with Gasteiger partial charge in [0.1, 0.15) is 12.3 Å². The zero-order valence-electron chi connectivity index (χ0n) is 19.0. The summed E-state index contributed by atoms with van der Waals surface area (Å²) in [6.07, 6.45) is 4.99. The van der Waals surface area contributed by atoms with Crippen molar-refractivity contribution in [3.63, 3.8) is 0 Å². The molecule has 2 unspecified atom stereocenters. The third kappa shape index (κ3) is 11.0. The number of aldehydes is 1. The fourth-order valence-electron chi connectivity index (χ4n) is 3.75. The molecule has 0 spiro atoms. The molecule has 32 heavy (non-hydrogen) atoms. The van der Waals surface area contributed by atoms with E-state index in [-0.39, 0.29) is 37.2 Å². The number of carbonyl (C=O) groups is 5. The van der Waals surface area contributed by atoms with Gasteiger partial charge >= 0.3 is 12.1 Å². The van der Waals surface area contributed by atoms with Crippen LogP contribution in [-0.4, -0.2) is 79.0 Å². The number of nitrogens with zero attached hydrogens (tertiary/aromatic N) is 1. The van der Waals surface area contributed by atoms with E-state index >= 15 is 0 Å². The smallest absolute Gasteiger partial charge is 0.405 e. The lowest BCUT2D eigenvalue weighted by molar-refractivity contribution is -0.131. The molecule has 1 aliphatic rings. The van der Waals surface area contributed by atoms with Gasteiger partial charge in [0.25, 0.3) is 0 Å². The number of hydrogen-bond acceptors (Lipinski definition) is 5. The van der Waals surface area contributed by atoms with Gasteiger partial charge in [-0.25, -0.2) is 9.59 Å². The van der Waals surface area contributed by atoms with Crippen molar-refractivity contribution in [2.24, 2.45) is 5.92 Å².